The van der Waals surface area contributed by atoms with Gasteiger partial charge in [0, 0.05) is 18.0 Å². The van der Waals surface area contributed by atoms with Crippen LogP contribution in [0.15, 0.2) is 36.7 Å². The second kappa shape index (κ2) is 5.75. The first-order valence-corrected chi connectivity index (χ1v) is 5.68. The van der Waals surface area contributed by atoms with Crippen LogP contribution in [0.4, 0.5) is 24.8 Å². The molecule has 0 fully saturated rings. The van der Waals surface area contributed by atoms with E-state index >= 15 is 0 Å². The first kappa shape index (κ1) is 14.7. The Morgan fingerprint density at radius 3 is 2.43 bits per heavy atom. The third-order valence-electron chi connectivity index (χ3n) is 2.53. The fourth-order valence-corrected chi connectivity index (χ4v) is 1.58. The average Bonchev–Trinajstić information content (AvgIpc) is 2.46. The molecule has 1 heterocycles. The molecule has 110 valence electrons. The molecule has 1 aromatic heterocycles. The number of carbonyl (C=O) groups is 1. The van der Waals surface area contributed by atoms with E-state index in [-0.39, 0.29) is 17.2 Å². The van der Waals surface area contributed by atoms with Gasteiger partial charge in [0.15, 0.2) is 0 Å². The molecule has 0 atom stereocenters. The molecule has 1 aromatic carbocycles. The Morgan fingerprint density at radius 2 is 1.86 bits per heavy atom. The van der Waals surface area contributed by atoms with Crippen molar-refractivity contribution in [3.63, 3.8) is 0 Å². The Hall–Kier alpha value is -2.68. The number of carbonyl (C=O) groups excluding carboxylic acids is 1. The Morgan fingerprint density at radius 1 is 1.19 bits per heavy atom. The van der Waals surface area contributed by atoms with Crippen molar-refractivity contribution in [2.45, 2.75) is 6.18 Å². The van der Waals surface area contributed by atoms with E-state index < -0.39 is 17.6 Å². The smallest absolute Gasteiger partial charge is 0.324 e. The Balaban J connectivity index is 2.30. The maximum absolute atomic E-state index is 12.9. The molecule has 0 bridgehead atoms. The van der Waals surface area contributed by atoms with Crippen LogP contribution in [-0.2, 0) is 6.18 Å². The van der Waals surface area contributed by atoms with Gasteiger partial charge in [-0.05, 0) is 24.3 Å². The molecule has 2 rings (SSSR count). The van der Waals surface area contributed by atoms with Crippen molar-refractivity contribution in [3.8, 4) is 0 Å². The highest BCUT2D eigenvalue weighted by molar-refractivity contribution is 6.03. The maximum atomic E-state index is 12.9. The van der Waals surface area contributed by atoms with Crippen LogP contribution in [0.25, 0.3) is 0 Å². The number of anilines is 2. The Bertz CT molecular complexity index is 645. The zero-order valence-corrected chi connectivity index (χ0v) is 10.5. The molecular weight excluding hydrogens is 287 g/mol. The quantitative estimate of drug-likeness (QED) is 0.595. The number of hydrogen-bond acceptors (Lipinski definition) is 5. The number of hydrogen-bond donors (Lipinski definition) is 3. The summed E-state index contributed by atoms with van der Waals surface area (Å²) in [6.45, 7) is 0. The number of alkyl halides is 3. The molecule has 2 aromatic rings. The summed E-state index contributed by atoms with van der Waals surface area (Å²) in [5, 5.41) is 2.29. The third-order valence-corrected chi connectivity index (χ3v) is 2.53. The van der Waals surface area contributed by atoms with Gasteiger partial charge >= 0.3 is 6.18 Å². The molecular formula is C12H10F3N5O. The monoisotopic (exact) mass is 297 g/mol. The number of hydrazine groups is 1. The molecule has 0 aliphatic rings. The van der Waals surface area contributed by atoms with E-state index in [1.807, 2.05) is 5.43 Å². The van der Waals surface area contributed by atoms with Crippen molar-refractivity contribution in [1.82, 2.24) is 9.97 Å². The van der Waals surface area contributed by atoms with Crippen molar-refractivity contribution in [3.05, 3.63) is 47.8 Å². The molecule has 0 spiro atoms. The highest BCUT2D eigenvalue weighted by Crippen LogP contribution is 2.35. The lowest BCUT2D eigenvalue weighted by Gasteiger charge is -2.13. The second-order valence-corrected chi connectivity index (χ2v) is 3.93. The van der Waals surface area contributed by atoms with Gasteiger partial charge in [-0.3, -0.25) is 16.0 Å². The molecule has 4 N–H and O–H groups in total. The molecule has 0 radical (unpaired) electrons. The van der Waals surface area contributed by atoms with Gasteiger partial charge in [0.1, 0.15) is 0 Å². The summed E-state index contributed by atoms with van der Waals surface area (Å²) in [7, 11) is 0. The third kappa shape index (κ3) is 3.45. The van der Waals surface area contributed by atoms with Crippen molar-refractivity contribution in [2.24, 2.45) is 5.84 Å². The molecule has 6 nitrogen and oxygen atoms in total. The minimum Gasteiger partial charge on any atom is -0.324 e. The highest BCUT2D eigenvalue weighted by Gasteiger charge is 2.34. The summed E-state index contributed by atoms with van der Waals surface area (Å²) >= 11 is 0. The van der Waals surface area contributed by atoms with E-state index in [1.165, 1.54) is 18.5 Å². The summed E-state index contributed by atoms with van der Waals surface area (Å²) in [4.78, 5) is 19.4. The highest BCUT2D eigenvalue weighted by atomic mass is 19.4. The van der Waals surface area contributed by atoms with Crippen LogP contribution >= 0.6 is 0 Å². The van der Waals surface area contributed by atoms with Crippen LogP contribution in [0, 0.1) is 0 Å². The molecule has 0 unspecified atom stereocenters. The Labute approximate surface area is 117 Å². The SMILES string of the molecule is NNc1ccc(C(=O)Nc2ncccn2)cc1C(F)(F)F. The first-order chi connectivity index (χ1) is 9.91. The summed E-state index contributed by atoms with van der Waals surface area (Å²) in [5.41, 5.74) is 0.396. The fourth-order valence-electron chi connectivity index (χ4n) is 1.58. The van der Waals surface area contributed by atoms with Crippen molar-refractivity contribution < 1.29 is 18.0 Å². The minimum absolute atomic E-state index is 0.00270. The zero-order chi connectivity index (χ0) is 15.5. The summed E-state index contributed by atoms with van der Waals surface area (Å²) < 4.78 is 38.6. The van der Waals surface area contributed by atoms with E-state index in [1.54, 1.807) is 6.07 Å². The number of aromatic nitrogens is 2. The second-order valence-electron chi connectivity index (χ2n) is 3.93. The number of nitrogens with zero attached hydrogens (tertiary/aromatic N) is 2. The number of nitrogens with one attached hydrogen (secondary N) is 2. The molecule has 0 saturated heterocycles. The first-order valence-electron chi connectivity index (χ1n) is 5.68. The van der Waals surface area contributed by atoms with Crippen LogP contribution in [0.2, 0.25) is 0 Å². The van der Waals surface area contributed by atoms with Gasteiger partial charge in [0.25, 0.3) is 5.91 Å². The van der Waals surface area contributed by atoms with E-state index in [2.05, 4.69) is 15.3 Å². The van der Waals surface area contributed by atoms with E-state index in [0.717, 1.165) is 6.07 Å². The average molecular weight is 297 g/mol. The summed E-state index contributed by atoms with van der Waals surface area (Å²) in [6, 6.07) is 4.53. The lowest BCUT2D eigenvalue weighted by molar-refractivity contribution is -0.137. The zero-order valence-electron chi connectivity index (χ0n) is 10.5. The van der Waals surface area contributed by atoms with Gasteiger partial charge in [-0.2, -0.15) is 13.2 Å². The number of amides is 1. The van der Waals surface area contributed by atoms with Crippen molar-refractivity contribution in [1.29, 1.82) is 0 Å². The van der Waals surface area contributed by atoms with Crippen LogP contribution in [0.3, 0.4) is 0 Å². The molecule has 9 heteroatoms. The van der Waals surface area contributed by atoms with Gasteiger partial charge in [-0.1, -0.05) is 0 Å². The van der Waals surface area contributed by atoms with Gasteiger partial charge in [0.2, 0.25) is 5.95 Å². The van der Waals surface area contributed by atoms with Crippen molar-refractivity contribution in [2.75, 3.05) is 10.7 Å². The molecule has 0 aliphatic heterocycles. The van der Waals surface area contributed by atoms with Crippen LogP contribution in [0.1, 0.15) is 15.9 Å². The largest absolute Gasteiger partial charge is 0.418 e. The van der Waals surface area contributed by atoms with Crippen LogP contribution in [0.5, 0.6) is 0 Å². The predicted molar refractivity (Wildman–Crippen MR) is 69.2 cm³/mol. The van der Waals surface area contributed by atoms with E-state index in [0.29, 0.717) is 6.07 Å². The number of benzene rings is 1. The normalized spacial score (nSPS) is 11.0. The van der Waals surface area contributed by atoms with Gasteiger partial charge in [-0.25, -0.2) is 9.97 Å². The van der Waals surface area contributed by atoms with Gasteiger partial charge in [0.05, 0.1) is 11.3 Å². The maximum Gasteiger partial charge on any atom is 0.418 e. The predicted octanol–water partition coefficient (Wildman–Crippen LogP) is 2.03. The minimum atomic E-state index is -4.64. The summed E-state index contributed by atoms with van der Waals surface area (Å²) in [6.07, 6.45) is -1.85. The number of nitrogen functional groups attached to an aromatic ring is 1. The Kier molecular flexibility index (Phi) is 4.03. The lowest BCUT2D eigenvalue weighted by atomic mass is 10.1. The standard InChI is InChI=1S/C12H10F3N5O/c13-12(14,15)8-6-7(2-3-9(8)20-16)10(21)19-11-17-4-1-5-18-11/h1-6,20H,16H2,(H,17,18,19,21). The summed E-state index contributed by atoms with van der Waals surface area (Å²) in [5.74, 6) is 4.27. The number of halogens is 3. The lowest BCUT2D eigenvalue weighted by Crippen LogP contribution is -2.18. The molecule has 0 aliphatic carbocycles. The molecule has 21 heavy (non-hydrogen) atoms. The molecule has 0 saturated carbocycles. The van der Waals surface area contributed by atoms with E-state index in [4.69, 9.17) is 5.84 Å². The molecule has 1 amide bonds. The number of nitrogens with two attached hydrogens (primary N) is 1. The number of rotatable bonds is 3. The van der Waals surface area contributed by atoms with Crippen LogP contribution < -0.4 is 16.6 Å². The van der Waals surface area contributed by atoms with Gasteiger partial charge < -0.3 is 5.43 Å². The topological polar surface area (TPSA) is 92.9 Å². The van der Waals surface area contributed by atoms with Crippen LogP contribution in [-0.4, -0.2) is 15.9 Å². The fraction of sp³-hybridized carbons (Fsp3) is 0.0833. The van der Waals surface area contributed by atoms with Crippen molar-refractivity contribution >= 4 is 17.5 Å². The van der Waals surface area contributed by atoms with Gasteiger partial charge in [-0.15, -0.1) is 0 Å². The van der Waals surface area contributed by atoms with E-state index in [9.17, 15) is 18.0 Å².